The second kappa shape index (κ2) is 14.4. The molecular weight excluding hydrogens is 509 g/mol. The van der Waals surface area contributed by atoms with Crippen LogP contribution in [0.2, 0.25) is 0 Å². The second-order valence-corrected chi connectivity index (χ2v) is 7.75. The molecule has 0 unspecified atom stereocenters. The monoisotopic (exact) mass is 543 g/mol. The summed E-state index contributed by atoms with van der Waals surface area (Å²) in [4.78, 5) is 17.5. The summed E-state index contributed by atoms with van der Waals surface area (Å²) in [5, 5.41) is 17.7. The number of morpholine rings is 1. The predicted octanol–water partition coefficient (Wildman–Crippen LogP) is 3.47. The lowest BCUT2D eigenvalue weighted by Gasteiger charge is -2.26. The maximum Gasteiger partial charge on any atom is 0.269 e. The van der Waals surface area contributed by atoms with Crippen molar-refractivity contribution in [2.24, 2.45) is 4.99 Å². The van der Waals surface area contributed by atoms with Crippen LogP contribution >= 0.6 is 24.0 Å². The van der Waals surface area contributed by atoms with Crippen LogP contribution in [0.3, 0.4) is 0 Å². The largest absolute Gasteiger partial charge is 0.379 e. The highest BCUT2D eigenvalue weighted by Gasteiger charge is 2.10. The highest BCUT2D eigenvalue weighted by Crippen LogP contribution is 2.19. The number of nitrogens with one attached hydrogen (secondary N) is 2. The molecule has 1 fully saturated rings. The van der Waals surface area contributed by atoms with Gasteiger partial charge < -0.3 is 15.4 Å². The van der Waals surface area contributed by atoms with E-state index < -0.39 is 0 Å². The summed E-state index contributed by atoms with van der Waals surface area (Å²) < 4.78 is 5.40. The van der Waals surface area contributed by atoms with Gasteiger partial charge in [0.15, 0.2) is 5.96 Å². The zero-order chi connectivity index (χ0) is 21.0. The molecule has 0 spiro atoms. The molecule has 3 rings (SSSR count). The van der Waals surface area contributed by atoms with E-state index in [0.717, 1.165) is 63.9 Å². The van der Waals surface area contributed by atoms with Crippen molar-refractivity contribution in [1.29, 1.82) is 0 Å². The van der Waals surface area contributed by atoms with Gasteiger partial charge in [0.05, 0.1) is 24.7 Å². The van der Waals surface area contributed by atoms with Gasteiger partial charge in [-0.1, -0.05) is 23.8 Å². The van der Waals surface area contributed by atoms with Gasteiger partial charge in [0, 0.05) is 44.9 Å². The molecule has 0 saturated carbocycles. The molecule has 1 aromatic carbocycles. The standard InChI is InChI=1S/C22H33N5O3.HI/c28-27(29)21-8-6-20(7-9-21)18-25-22(23-11-10-19-4-2-1-3-5-19)24-12-13-26-14-16-30-17-15-26;/h4,6-9H,1-3,5,10-18H2,(H2,23,24,25);1H. The van der Waals surface area contributed by atoms with Crippen LogP contribution in [0.1, 0.15) is 37.7 Å². The maximum atomic E-state index is 10.8. The molecular formula is C22H34IN5O3. The molecule has 172 valence electrons. The molecule has 31 heavy (non-hydrogen) atoms. The van der Waals surface area contributed by atoms with Crippen LogP contribution in [-0.4, -0.2) is 61.7 Å². The number of rotatable bonds is 9. The van der Waals surface area contributed by atoms with Crippen molar-refractivity contribution in [1.82, 2.24) is 15.5 Å². The van der Waals surface area contributed by atoms with Crippen molar-refractivity contribution in [3.8, 4) is 0 Å². The number of guanidine groups is 1. The highest BCUT2D eigenvalue weighted by molar-refractivity contribution is 14.0. The zero-order valence-corrected chi connectivity index (χ0v) is 20.4. The number of allylic oxidation sites excluding steroid dienone is 1. The minimum atomic E-state index is -0.382. The Hall–Kier alpha value is -1.72. The van der Waals surface area contributed by atoms with Crippen LogP contribution in [0.15, 0.2) is 40.9 Å². The second-order valence-electron chi connectivity index (χ2n) is 7.75. The van der Waals surface area contributed by atoms with E-state index in [-0.39, 0.29) is 34.6 Å². The third-order valence-corrected chi connectivity index (χ3v) is 5.51. The van der Waals surface area contributed by atoms with Gasteiger partial charge in [-0.25, -0.2) is 4.99 Å². The van der Waals surface area contributed by atoms with Crippen LogP contribution in [0.4, 0.5) is 5.69 Å². The summed E-state index contributed by atoms with van der Waals surface area (Å²) in [5.74, 6) is 0.790. The minimum absolute atomic E-state index is 0. The average molecular weight is 543 g/mol. The van der Waals surface area contributed by atoms with Gasteiger partial charge in [-0.05, 0) is 37.7 Å². The number of hydrogen-bond acceptors (Lipinski definition) is 5. The molecule has 0 aromatic heterocycles. The quantitative estimate of drug-likeness (QED) is 0.124. The number of halogens is 1. The molecule has 9 heteroatoms. The van der Waals surface area contributed by atoms with Crippen LogP contribution in [0, 0.1) is 10.1 Å². The van der Waals surface area contributed by atoms with Gasteiger partial charge in [0.2, 0.25) is 0 Å². The van der Waals surface area contributed by atoms with Crippen molar-refractivity contribution in [2.45, 2.75) is 38.6 Å². The summed E-state index contributed by atoms with van der Waals surface area (Å²) in [6.45, 7) is 6.64. The van der Waals surface area contributed by atoms with Crippen LogP contribution in [0.25, 0.3) is 0 Å². The number of aliphatic imine (C=N–C) groups is 1. The van der Waals surface area contributed by atoms with Crippen molar-refractivity contribution in [2.75, 3.05) is 45.9 Å². The topological polar surface area (TPSA) is 92.0 Å². The molecule has 2 aliphatic rings. The molecule has 1 aliphatic carbocycles. The van der Waals surface area contributed by atoms with Gasteiger partial charge in [-0.2, -0.15) is 0 Å². The van der Waals surface area contributed by atoms with Crippen molar-refractivity contribution in [3.63, 3.8) is 0 Å². The molecule has 0 atom stereocenters. The molecule has 0 amide bonds. The van der Waals surface area contributed by atoms with E-state index in [2.05, 4.69) is 21.6 Å². The van der Waals surface area contributed by atoms with Crippen molar-refractivity contribution >= 4 is 35.6 Å². The molecule has 8 nitrogen and oxygen atoms in total. The first-order valence-corrected chi connectivity index (χ1v) is 10.9. The molecule has 1 saturated heterocycles. The number of non-ortho nitro benzene ring substituents is 1. The number of nitrogens with zero attached hydrogens (tertiary/aromatic N) is 3. The molecule has 1 aliphatic heterocycles. The first-order chi connectivity index (χ1) is 14.7. The van der Waals surface area contributed by atoms with Crippen LogP contribution in [0.5, 0.6) is 0 Å². The highest BCUT2D eigenvalue weighted by atomic mass is 127. The number of nitro groups is 1. The number of hydrogen-bond donors (Lipinski definition) is 2. The summed E-state index contributed by atoms with van der Waals surface area (Å²) in [5.41, 5.74) is 2.59. The smallest absolute Gasteiger partial charge is 0.269 e. The third kappa shape index (κ3) is 9.53. The summed E-state index contributed by atoms with van der Waals surface area (Å²) >= 11 is 0. The van der Waals surface area contributed by atoms with Gasteiger partial charge in [-0.3, -0.25) is 15.0 Å². The first-order valence-electron chi connectivity index (χ1n) is 10.9. The van der Waals surface area contributed by atoms with Gasteiger partial charge in [0.1, 0.15) is 0 Å². The molecule has 2 N–H and O–H groups in total. The van der Waals surface area contributed by atoms with E-state index in [0.29, 0.717) is 6.54 Å². The Kier molecular flexibility index (Phi) is 11.8. The van der Waals surface area contributed by atoms with Gasteiger partial charge >= 0.3 is 0 Å². The van der Waals surface area contributed by atoms with E-state index in [9.17, 15) is 10.1 Å². The summed E-state index contributed by atoms with van der Waals surface area (Å²) in [6, 6.07) is 6.58. The Morgan fingerprint density at radius 3 is 2.55 bits per heavy atom. The van der Waals surface area contributed by atoms with E-state index in [1.54, 1.807) is 12.1 Å². The fraction of sp³-hybridized carbons (Fsp3) is 0.591. The van der Waals surface area contributed by atoms with Crippen molar-refractivity contribution < 1.29 is 9.66 Å². The molecule has 1 aromatic rings. The Bertz CT molecular complexity index is 733. The normalized spacial score (nSPS) is 17.4. The lowest BCUT2D eigenvalue weighted by molar-refractivity contribution is -0.384. The minimum Gasteiger partial charge on any atom is -0.379 e. The molecule has 1 heterocycles. The van der Waals surface area contributed by atoms with Crippen molar-refractivity contribution in [3.05, 3.63) is 51.6 Å². The molecule has 0 bridgehead atoms. The maximum absolute atomic E-state index is 10.8. The van der Waals surface area contributed by atoms with E-state index in [4.69, 9.17) is 9.73 Å². The SMILES string of the molecule is I.O=[N+]([O-])c1ccc(CN=C(NCCC2=CCCCC2)NCCN2CCOCC2)cc1. The third-order valence-electron chi connectivity index (χ3n) is 5.51. The zero-order valence-electron chi connectivity index (χ0n) is 18.1. The predicted molar refractivity (Wildman–Crippen MR) is 134 cm³/mol. The lowest BCUT2D eigenvalue weighted by Crippen LogP contribution is -2.44. The Balaban J connectivity index is 0.00000341. The van der Waals surface area contributed by atoms with E-state index in [1.807, 2.05) is 0 Å². The van der Waals surface area contributed by atoms with Gasteiger partial charge in [-0.15, -0.1) is 24.0 Å². The fourth-order valence-corrected chi connectivity index (χ4v) is 3.70. The average Bonchev–Trinajstić information content (AvgIpc) is 2.79. The first kappa shape index (κ1) is 25.5. The summed E-state index contributed by atoms with van der Waals surface area (Å²) in [6.07, 6.45) is 8.44. The summed E-state index contributed by atoms with van der Waals surface area (Å²) in [7, 11) is 0. The fourth-order valence-electron chi connectivity index (χ4n) is 3.70. The lowest BCUT2D eigenvalue weighted by atomic mass is 9.97. The number of nitro benzene ring substituents is 1. The van der Waals surface area contributed by atoms with Crippen LogP contribution in [-0.2, 0) is 11.3 Å². The van der Waals surface area contributed by atoms with Gasteiger partial charge in [0.25, 0.3) is 5.69 Å². The van der Waals surface area contributed by atoms with E-state index >= 15 is 0 Å². The Labute approximate surface area is 201 Å². The van der Waals surface area contributed by atoms with E-state index in [1.165, 1.54) is 43.4 Å². The Morgan fingerprint density at radius 1 is 1.13 bits per heavy atom. The number of benzene rings is 1. The molecule has 0 radical (unpaired) electrons. The number of ether oxygens (including phenoxy) is 1. The van der Waals surface area contributed by atoms with Crippen LogP contribution < -0.4 is 10.6 Å². The Morgan fingerprint density at radius 2 is 1.87 bits per heavy atom.